The Morgan fingerprint density at radius 1 is 1.25 bits per heavy atom. The second kappa shape index (κ2) is 11.2. The number of carbonyl (C=O) groups is 3. The highest BCUT2D eigenvalue weighted by atomic mass is 35.5. The van der Waals surface area contributed by atoms with Gasteiger partial charge in [0.25, 0.3) is 16.9 Å². The summed E-state index contributed by atoms with van der Waals surface area (Å²) in [7, 11) is 0. The first-order valence-corrected chi connectivity index (χ1v) is 11.5. The Hall–Kier alpha value is -1.98. The number of pyridine rings is 1. The molecule has 1 aliphatic heterocycles. The minimum atomic E-state index is -4.98. The summed E-state index contributed by atoms with van der Waals surface area (Å²) in [6, 6.07) is 4.82. The number of unbranched alkanes of at least 4 members (excludes halogenated alkanes) is 2. The van der Waals surface area contributed by atoms with Crippen LogP contribution < -0.4 is 0 Å². The third kappa shape index (κ3) is 5.87. The van der Waals surface area contributed by atoms with Crippen molar-refractivity contribution in [2.24, 2.45) is 0 Å². The van der Waals surface area contributed by atoms with Gasteiger partial charge < -0.3 is 0 Å². The van der Waals surface area contributed by atoms with Crippen LogP contribution in [-0.4, -0.2) is 49.7 Å². The number of alkyl halides is 3. The second-order valence-corrected chi connectivity index (χ2v) is 8.87. The Balaban J connectivity index is 0.00000363. The fraction of sp³-hybridized carbons (Fsp3) is 0.400. The standard InChI is InChI=1S/C20H20F3N3O3S2.ClH/c1-2-3-7-14-18(28)25(19(29)31-14)10-4-5-11-30-16-9-6-8-15-24-12-13(26(15)16)17(27)20(21,22)23;/h6-9,12H,2-5,10-11H2,1H3;1H/b14-7+;. The molecule has 1 fully saturated rings. The van der Waals surface area contributed by atoms with Gasteiger partial charge in [0.2, 0.25) is 0 Å². The highest BCUT2D eigenvalue weighted by Gasteiger charge is 2.41. The number of nitrogens with zero attached hydrogens (tertiary/aromatic N) is 3. The number of fused-ring (bicyclic) bond motifs is 1. The van der Waals surface area contributed by atoms with Gasteiger partial charge in [-0.2, -0.15) is 13.2 Å². The second-order valence-electron chi connectivity index (χ2n) is 6.77. The molecule has 0 N–H and O–H groups in total. The number of imidazole rings is 1. The number of rotatable bonds is 9. The fourth-order valence-electron chi connectivity index (χ4n) is 2.98. The SMILES string of the molecule is CCC/C=C1/SC(=O)N(CCCCSc2cccc3ncc(C(=O)C(F)(F)F)n23)C1=O.Cl. The van der Waals surface area contributed by atoms with Crippen LogP contribution in [0.4, 0.5) is 18.0 Å². The minimum absolute atomic E-state index is 0. The predicted octanol–water partition coefficient (Wildman–Crippen LogP) is 5.75. The highest BCUT2D eigenvalue weighted by Crippen LogP contribution is 2.31. The summed E-state index contributed by atoms with van der Waals surface area (Å²) in [5, 5.41) is 0.190. The summed E-state index contributed by atoms with van der Waals surface area (Å²) in [6.07, 6.45) is 0.569. The van der Waals surface area contributed by atoms with Crippen molar-refractivity contribution in [2.45, 2.75) is 43.8 Å². The molecule has 0 unspecified atom stereocenters. The monoisotopic (exact) mass is 507 g/mol. The molecule has 2 aromatic heterocycles. The van der Waals surface area contributed by atoms with E-state index in [9.17, 15) is 27.6 Å². The topological polar surface area (TPSA) is 71.8 Å². The molecule has 3 heterocycles. The normalized spacial score (nSPS) is 15.6. The van der Waals surface area contributed by atoms with E-state index in [0.29, 0.717) is 35.1 Å². The number of hydrogen-bond donors (Lipinski definition) is 0. The number of ketones is 1. The van der Waals surface area contributed by atoms with Gasteiger partial charge in [-0.05, 0) is 48.9 Å². The van der Waals surface area contributed by atoms with E-state index >= 15 is 0 Å². The molecule has 2 amide bonds. The number of thioether (sulfide) groups is 2. The Morgan fingerprint density at radius 3 is 2.69 bits per heavy atom. The van der Waals surface area contributed by atoms with Crippen LogP contribution in [0.1, 0.15) is 43.1 Å². The Bertz CT molecular complexity index is 1040. The van der Waals surface area contributed by atoms with E-state index in [-0.39, 0.29) is 29.2 Å². The van der Waals surface area contributed by atoms with Gasteiger partial charge >= 0.3 is 6.18 Å². The largest absolute Gasteiger partial charge is 0.456 e. The zero-order valence-electron chi connectivity index (χ0n) is 17.1. The number of aromatic nitrogens is 2. The van der Waals surface area contributed by atoms with E-state index in [0.717, 1.165) is 30.8 Å². The van der Waals surface area contributed by atoms with E-state index in [1.54, 1.807) is 18.2 Å². The molecule has 0 atom stereocenters. The van der Waals surface area contributed by atoms with Crippen LogP contribution in [0.25, 0.3) is 5.65 Å². The van der Waals surface area contributed by atoms with Crippen molar-refractivity contribution in [2.75, 3.05) is 12.3 Å². The van der Waals surface area contributed by atoms with Crippen molar-refractivity contribution in [1.82, 2.24) is 14.3 Å². The maximum Gasteiger partial charge on any atom is 0.456 e. The van der Waals surface area contributed by atoms with Crippen LogP contribution in [-0.2, 0) is 4.79 Å². The number of imide groups is 1. The first kappa shape index (κ1) is 26.3. The van der Waals surface area contributed by atoms with Crippen LogP contribution in [0, 0.1) is 0 Å². The van der Waals surface area contributed by atoms with Gasteiger partial charge in [0.05, 0.1) is 16.1 Å². The highest BCUT2D eigenvalue weighted by molar-refractivity contribution is 8.18. The lowest BCUT2D eigenvalue weighted by Crippen LogP contribution is -2.29. The van der Waals surface area contributed by atoms with Gasteiger partial charge in [-0.3, -0.25) is 23.7 Å². The molecule has 32 heavy (non-hydrogen) atoms. The van der Waals surface area contributed by atoms with Gasteiger partial charge in [-0.15, -0.1) is 24.2 Å². The maximum atomic E-state index is 12.9. The average Bonchev–Trinajstić information content (AvgIpc) is 3.27. The Labute approximate surface area is 197 Å². The van der Waals surface area contributed by atoms with Crippen molar-refractivity contribution in [1.29, 1.82) is 0 Å². The molecule has 0 bridgehead atoms. The van der Waals surface area contributed by atoms with E-state index in [2.05, 4.69) is 4.98 Å². The molecule has 0 aromatic carbocycles. The van der Waals surface area contributed by atoms with Crippen molar-refractivity contribution >= 4 is 58.5 Å². The van der Waals surface area contributed by atoms with E-state index in [4.69, 9.17) is 0 Å². The molecule has 1 saturated heterocycles. The summed E-state index contributed by atoms with van der Waals surface area (Å²) in [4.78, 5) is 41.6. The molecule has 0 aliphatic carbocycles. The molecule has 12 heteroatoms. The van der Waals surface area contributed by atoms with Gasteiger partial charge in [-0.25, -0.2) is 4.98 Å². The molecule has 0 spiro atoms. The van der Waals surface area contributed by atoms with Crippen molar-refractivity contribution in [3.8, 4) is 0 Å². The van der Waals surface area contributed by atoms with Gasteiger partial charge in [0, 0.05) is 6.54 Å². The molecule has 6 nitrogen and oxygen atoms in total. The summed E-state index contributed by atoms with van der Waals surface area (Å²) in [5.41, 5.74) is -0.267. The average molecular weight is 508 g/mol. The third-order valence-corrected chi connectivity index (χ3v) is 6.57. The van der Waals surface area contributed by atoms with Gasteiger partial charge in [0.15, 0.2) is 0 Å². The van der Waals surface area contributed by atoms with E-state index in [1.165, 1.54) is 27.1 Å². The van der Waals surface area contributed by atoms with Gasteiger partial charge in [-0.1, -0.05) is 25.5 Å². The van der Waals surface area contributed by atoms with Crippen LogP contribution in [0.2, 0.25) is 0 Å². The molecular formula is C20H21ClF3N3O3S2. The number of hydrogen-bond acceptors (Lipinski definition) is 6. The lowest BCUT2D eigenvalue weighted by Gasteiger charge is -2.12. The smallest absolute Gasteiger partial charge is 0.284 e. The maximum absolute atomic E-state index is 12.9. The van der Waals surface area contributed by atoms with Crippen LogP contribution in [0.5, 0.6) is 0 Å². The number of carbonyl (C=O) groups excluding carboxylic acids is 3. The number of halogens is 4. The van der Waals surface area contributed by atoms with Crippen LogP contribution in [0.15, 0.2) is 40.4 Å². The quantitative estimate of drug-likeness (QED) is 0.186. The van der Waals surface area contributed by atoms with Crippen molar-refractivity contribution in [3.05, 3.63) is 41.1 Å². The van der Waals surface area contributed by atoms with E-state index in [1.807, 2.05) is 6.92 Å². The molecule has 174 valence electrons. The number of amides is 2. The molecule has 0 saturated carbocycles. The van der Waals surface area contributed by atoms with Gasteiger partial charge in [0.1, 0.15) is 11.3 Å². The van der Waals surface area contributed by atoms with Crippen LogP contribution in [0.3, 0.4) is 0 Å². The molecule has 3 rings (SSSR count). The van der Waals surface area contributed by atoms with Crippen molar-refractivity contribution < 1.29 is 27.6 Å². The molecule has 1 aliphatic rings. The molecular weight excluding hydrogens is 487 g/mol. The summed E-state index contributed by atoms with van der Waals surface area (Å²) in [5.74, 6) is -1.67. The minimum Gasteiger partial charge on any atom is -0.284 e. The lowest BCUT2D eigenvalue weighted by molar-refractivity contribution is -0.122. The lowest BCUT2D eigenvalue weighted by atomic mass is 10.3. The Morgan fingerprint density at radius 2 is 2.00 bits per heavy atom. The first-order valence-electron chi connectivity index (χ1n) is 9.68. The number of allylic oxidation sites excluding steroid dienone is 1. The fourth-order valence-corrected chi connectivity index (χ4v) is 4.90. The number of Topliss-reactive ketones (excluding diaryl/α,β-unsaturated/α-hetero) is 1. The molecule has 0 radical (unpaired) electrons. The van der Waals surface area contributed by atoms with Crippen molar-refractivity contribution in [3.63, 3.8) is 0 Å². The third-order valence-electron chi connectivity index (χ3n) is 4.50. The van der Waals surface area contributed by atoms with E-state index < -0.39 is 17.7 Å². The predicted molar refractivity (Wildman–Crippen MR) is 120 cm³/mol. The van der Waals surface area contributed by atoms with Crippen LogP contribution >= 0.6 is 35.9 Å². The zero-order valence-corrected chi connectivity index (χ0v) is 19.5. The zero-order chi connectivity index (χ0) is 22.6. The Kier molecular flexibility index (Phi) is 9.23. The molecule has 2 aromatic rings. The summed E-state index contributed by atoms with van der Waals surface area (Å²) < 4.78 is 39.8. The summed E-state index contributed by atoms with van der Waals surface area (Å²) in [6.45, 7) is 2.28. The first-order chi connectivity index (χ1) is 14.7. The summed E-state index contributed by atoms with van der Waals surface area (Å²) >= 11 is 2.24.